The van der Waals surface area contributed by atoms with Gasteiger partial charge in [-0.3, -0.25) is 4.90 Å². The minimum absolute atomic E-state index is 0. The number of halogens is 3. The second-order valence-electron chi connectivity index (χ2n) is 5.59. The summed E-state index contributed by atoms with van der Waals surface area (Å²) in [6.45, 7) is 2.99. The number of nitrogens with two attached hydrogens (primary N) is 1. The minimum atomic E-state index is -0.163. The third-order valence-corrected chi connectivity index (χ3v) is 5.16. The van der Waals surface area contributed by atoms with Crippen LogP contribution < -0.4 is 5.73 Å². The van der Waals surface area contributed by atoms with Crippen molar-refractivity contribution in [3.63, 3.8) is 0 Å². The summed E-state index contributed by atoms with van der Waals surface area (Å²) in [5, 5.41) is 0. The highest BCUT2D eigenvalue weighted by molar-refractivity contribution is 9.10. The lowest BCUT2D eigenvalue weighted by atomic mass is 9.98. The first-order valence-corrected chi connectivity index (χ1v) is 7.34. The van der Waals surface area contributed by atoms with Gasteiger partial charge in [-0.1, -0.05) is 15.9 Å². The molecule has 2 nitrogen and oxygen atoms in total. The predicted octanol–water partition coefficient (Wildman–Crippen LogP) is 3.18. The summed E-state index contributed by atoms with van der Waals surface area (Å²) in [6, 6.07) is 5.27. The van der Waals surface area contributed by atoms with Gasteiger partial charge in [0.2, 0.25) is 0 Å². The van der Waals surface area contributed by atoms with E-state index in [4.69, 9.17) is 5.73 Å². The Morgan fingerprint density at radius 3 is 2.84 bits per heavy atom. The van der Waals surface area contributed by atoms with E-state index in [1.807, 2.05) is 0 Å². The Morgan fingerprint density at radius 2 is 2.11 bits per heavy atom. The molecular weight excluding hydrogens is 331 g/mol. The first-order valence-electron chi connectivity index (χ1n) is 6.55. The van der Waals surface area contributed by atoms with Gasteiger partial charge >= 0.3 is 0 Å². The molecule has 0 aromatic heterocycles. The third-order valence-electron chi connectivity index (χ3n) is 4.39. The van der Waals surface area contributed by atoms with Crippen molar-refractivity contribution in [1.29, 1.82) is 0 Å². The van der Waals surface area contributed by atoms with Gasteiger partial charge in [0.15, 0.2) is 0 Å². The summed E-state index contributed by atoms with van der Waals surface area (Å²) in [5.41, 5.74) is 7.16. The van der Waals surface area contributed by atoms with Gasteiger partial charge < -0.3 is 5.73 Å². The molecule has 2 fully saturated rings. The second-order valence-corrected chi connectivity index (χ2v) is 6.45. The highest BCUT2D eigenvalue weighted by atomic mass is 79.9. The van der Waals surface area contributed by atoms with Crippen LogP contribution in [-0.2, 0) is 6.54 Å². The number of hydrogen-bond donors (Lipinski definition) is 1. The van der Waals surface area contributed by atoms with Crippen molar-refractivity contribution in [2.45, 2.75) is 25.4 Å². The molecule has 0 spiro atoms. The quantitative estimate of drug-likeness (QED) is 0.888. The Labute approximate surface area is 128 Å². The lowest BCUT2D eigenvalue weighted by Gasteiger charge is -2.19. The maximum Gasteiger partial charge on any atom is 0.123 e. The topological polar surface area (TPSA) is 29.3 Å². The van der Waals surface area contributed by atoms with E-state index in [-0.39, 0.29) is 18.2 Å². The lowest BCUT2D eigenvalue weighted by molar-refractivity contribution is 0.297. The normalized spacial score (nSPS) is 30.2. The molecule has 1 aliphatic carbocycles. The molecule has 1 heterocycles. The number of fused-ring (bicyclic) bond motifs is 1. The standard InChI is InChI=1S/C14H18BrFN2.ClH/c15-13-3-2-11(16)5-10(13)7-18-6-9-1-4-14(17)12(9)8-18;/h2-3,5,9,12,14H,1,4,6-8,17H2;1H. The van der Waals surface area contributed by atoms with Crippen LogP contribution in [0.1, 0.15) is 18.4 Å². The van der Waals surface area contributed by atoms with Gasteiger partial charge in [-0.05, 0) is 48.4 Å². The van der Waals surface area contributed by atoms with Crippen molar-refractivity contribution in [2.75, 3.05) is 13.1 Å². The van der Waals surface area contributed by atoms with Crippen molar-refractivity contribution >= 4 is 28.3 Å². The zero-order valence-corrected chi connectivity index (χ0v) is 13.1. The van der Waals surface area contributed by atoms with Gasteiger partial charge in [0, 0.05) is 30.1 Å². The van der Waals surface area contributed by atoms with Gasteiger partial charge in [-0.15, -0.1) is 12.4 Å². The van der Waals surface area contributed by atoms with E-state index in [1.165, 1.54) is 18.9 Å². The van der Waals surface area contributed by atoms with E-state index >= 15 is 0 Å². The van der Waals surface area contributed by atoms with Crippen LogP contribution in [0.25, 0.3) is 0 Å². The van der Waals surface area contributed by atoms with E-state index in [2.05, 4.69) is 20.8 Å². The van der Waals surface area contributed by atoms with Crippen LogP contribution >= 0.6 is 28.3 Å². The Kier molecular flexibility index (Phi) is 4.88. The molecule has 2 N–H and O–H groups in total. The number of hydrogen-bond acceptors (Lipinski definition) is 2. The Bertz CT molecular complexity index is 457. The number of rotatable bonds is 2. The van der Waals surface area contributed by atoms with E-state index in [1.54, 1.807) is 12.1 Å². The molecule has 0 amide bonds. The maximum absolute atomic E-state index is 13.3. The fourth-order valence-corrected chi connectivity index (χ4v) is 3.81. The fourth-order valence-electron chi connectivity index (χ4n) is 3.43. The molecule has 0 radical (unpaired) electrons. The molecule has 1 saturated heterocycles. The molecule has 0 bridgehead atoms. The molecule has 3 unspecified atom stereocenters. The first-order chi connectivity index (χ1) is 8.63. The van der Waals surface area contributed by atoms with Gasteiger partial charge in [0.25, 0.3) is 0 Å². The third kappa shape index (κ3) is 3.13. The molecule has 1 aromatic carbocycles. The zero-order valence-electron chi connectivity index (χ0n) is 10.7. The maximum atomic E-state index is 13.3. The van der Waals surface area contributed by atoms with Crippen molar-refractivity contribution in [1.82, 2.24) is 4.90 Å². The van der Waals surface area contributed by atoms with Crippen LogP contribution in [0.15, 0.2) is 22.7 Å². The van der Waals surface area contributed by atoms with Crippen molar-refractivity contribution in [3.8, 4) is 0 Å². The van der Waals surface area contributed by atoms with Crippen molar-refractivity contribution in [2.24, 2.45) is 17.6 Å². The Morgan fingerprint density at radius 1 is 1.32 bits per heavy atom. The number of benzene rings is 1. The first kappa shape index (κ1) is 15.2. The highest BCUT2D eigenvalue weighted by Gasteiger charge is 2.40. The average molecular weight is 350 g/mol. The molecule has 3 atom stereocenters. The van der Waals surface area contributed by atoms with Crippen LogP contribution in [0.2, 0.25) is 0 Å². The summed E-state index contributed by atoms with van der Waals surface area (Å²) in [4.78, 5) is 2.41. The summed E-state index contributed by atoms with van der Waals surface area (Å²) in [6.07, 6.45) is 2.43. The molecule has 19 heavy (non-hydrogen) atoms. The van der Waals surface area contributed by atoms with Crippen LogP contribution in [0.5, 0.6) is 0 Å². The van der Waals surface area contributed by atoms with Crippen LogP contribution in [0.4, 0.5) is 4.39 Å². The summed E-state index contributed by atoms with van der Waals surface area (Å²) >= 11 is 3.49. The Balaban J connectivity index is 0.00000133. The molecule has 106 valence electrons. The van der Waals surface area contributed by atoms with E-state index in [0.717, 1.165) is 35.6 Å². The molecule has 1 aliphatic heterocycles. The Hall–Kier alpha value is -0.160. The van der Waals surface area contributed by atoms with Crippen LogP contribution in [-0.4, -0.2) is 24.0 Å². The summed E-state index contributed by atoms with van der Waals surface area (Å²) in [7, 11) is 0. The van der Waals surface area contributed by atoms with E-state index < -0.39 is 0 Å². The molecule has 5 heteroatoms. The monoisotopic (exact) mass is 348 g/mol. The minimum Gasteiger partial charge on any atom is -0.327 e. The predicted molar refractivity (Wildman–Crippen MR) is 80.8 cm³/mol. The van der Waals surface area contributed by atoms with Crippen molar-refractivity contribution in [3.05, 3.63) is 34.1 Å². The molecular formula is C14H19BrClFN2. The smallest absolute Gasteiger partial charge is 0.123 e. The largest absolute Gasteiger partial charge is 0.327 e. The SMILES string of the molecule is Cl.NC1CCC2CN(Cc3cc(F)ccc3Br)CC12. The molecule has 1 saturated carbocycles. The fraction of sp³-hybridized carbons (Fsp3) is 0.571. The van der Waals surface area contributed by atoms with Gasteiger partial charge in [0.05, 0.1) is 0 Å². The van der Waals surface area contributed by atoms with E-state index in [9.17, 15) is 4.39 Å². The van der Waals surface area contributed by atoms with Crippen molar-refractivity contribution < 1.29 is 4.39 Å². The van der Waals surface area contributed by atoms with Gasteiger partial charge in [-0.25, -0.2) is 4.39 Å². The van der Waals surface area contributed by atoms with Gasteiger partial charge in [0.1, 0.15) is 5.82 Å². The molecule has 2 aliphatic rings. The lowest BCUT2D eigenvalue weighted by Crippen LogP contribution is -2.30. The van der Waals surface area contributed by atoms with Crippen LogP contribution in [0, 0.1) is 17.7 Å². The molecule has 3 rings (SSSR count). The summed E-state index contributed by atoms with van der Waals surface area (Å²) < 4.78 is 14.2. The van der Waals surface area contributed by atoms with E-state index in [0.29, 0.717) is 12.0 Å². The summed E-state index contributed by atoms with van der Waals surface area (Å²) in [5.74, 6) is 1.24. The molecule has 1 aromatic rings. The number of nitrogens with zero attached hydrogens (tertiary/aromatic N) is 1. The average Bonchev–Trinajstić information content (AvgIpc) is 2.87. The number of likely N-dealkylation sites (tertiary alicyclic amines) is 1. The van der Waals surface area contributed by atoms with Gasteiger partial charge in [-0.2, -0.15) is 0 Å². The van der Waals surface area contributed by atoms with Crippen LogP contribution in [0.3, 0.4) is 0 Å². The highest BCUT2D eigenvalue weighted by Crippen LogP contribution is 2.38. The zero-order chi connectivity index (χ0) is 12.7. The second kappa shape index (κ2) is 6.08.